The van der Waals surface area contributed by atoms with E-state index in [1.807, 2.05) is 24.3 Å². The van der Waals surface area contributed by atoms with Crippen molar-refractivity contribution in [3.8, 4) is 11.1 Å². The van der Waals surface area contributed by atoms with Crippen molar-refractivity contribution >= 4 is 17.8 Å². The molecule has 0 amide bonds. The highest BCUT2D eigenvalue weighted by atomic mass is 16.4. The third-order valence-corrected chi connectivity index (χ3v) is 4.88. The summed E-state index contributed by atoms with van der Waals surface area (Å²) in [6.45, 7) is 8.06. The molecule has 2 aromatic carbocycles. The fourth-order valence-corrected chi connectivity index (χ4v) is 3.45. The van der Waals surface area contributed by atoms with Crippen LogP contribution in [0, 0.1) is 0 Å². The van der Waals surface area contributed by atoms with E-state index in [-0.39, 0.29) is 16.8 Å². The summed E-state index contributed by atoms with van der Waals surface area (Å²) in [5, 5.41) is 9.37. The lowest BCUT2D eigenvalue weighted by Gasteiger charge is -2.32. The Bertz CT molecular complexity index is 859. The number of hydrogen-bond acceptors (Lipinski definition) is 2. The van der Waals surface area contributed by atoms with Crippen LogP contribution in [0.15, 0.2) is 43.0 Å². The van der Waals surface area contributed by atoms with Crippen molar-refractivity contribution in [2.45, 2.75) is 32.1 Å². The number of carbonyl (C=O) groups excluding carboxylic acids is 1. The van der Waals surface area contributed by atoms with Gasteiger partial charge in [0.1, 0.15) is 0 Å². The van der Waals surface area contributed by atoms with E-state index in [1.165, 1.54) is 0 Å². The molecule has 1 N–H and O–H groups in total. The van der Waals surface area contributed by atoms with Gasteiger partial charge in [-0.2, -0.15) is 0 Å². The highest BCUT2D eigenvalue weighted by molar-refractivity contribution is 6.01. The monoisotopic (exact) mass is 320 g/mol. The number of aromatic carboxylic acids is 1. The zero-order valence-corrected chi connectivity index (χ0v) is 13.9. The van der Waals surface area contributed by atoms with Crippen molar-refractivity contribution in [2.75, 3.05) is 0 Å². The maximum Gasteiger partial charge on any atom is 0.336 e. The summed E-state index contributed by atoms with van der Waals surface area (Å²) in [6.07, 6.45) is 2.96. The third kappa shape index (κ3) is 2.56. The Morgan fingerprint density at radius 3 is 2.62 bits per heavy atom. The van der Waals surface area contributed by atoms with Gasteiger partial charge < -0.3 is 5.11 Å². The largest absolute Gasteiger partial charge is 0.478 e. The van der Waals surface area contributed by atoms with Crippen LogP contribution in [0.3, 0.4) is 0 Å². The standard InChI is InChI=1S/C21H20O3/c1-4-14-15(6-5-7-16(14)20(23)24)13-8-9-18-17(12-13)19(22)10-11-21(18,2)3/h4-9,12H,1,10-11H2,2-3H3,(H,23,24). The van der Waals surface area contributed by atoms with Gasteiger partial charge in [0.2, 0.25) is 0 Å². The number of carboxylic acid groups (broad SMARTS) is 1. The summed E-state index contributed by atoms with van der Waals surface area (Å²) < 4.78 is 0. The highest BCUT2D eigenvalue weighted by Gasteiger charge is 2.31. The van der Waals surface area contributed by atoms with Crippen LogP contribution in [0.5, 0.6) is 0 Å². The van der Waals surface area contributed by atoms with Crippen molar-refractivity contribution < 1.29 is 14.7 Å². The van der Waals surface area contributed by atoms with Crippen LogP contribution in [-0.4, -0.2) is 16.9 Å². The zero-order chi connectivity index (χ0) is 17.5. The second kappa shape index (κ2) is 5.75. The normalized spacial score (nSPS) is 15.7. The first-order valence-corrected chi connectivity index (χ1v) is 8.02. The molecular weight excluding hydrogens is 300 g/mol. The Kier molecular flexibility index (Phi) is 3.88. The third-order valence-electron chi connectivity index (χ3n) is 4.88. The number of hydrogen-bond donors (Lipinski definition) is 1. The van der Waals surface area contributed by atoms with Crippen LogP contribution in [0.1, 0.15) is 58.5 Å². The van der Waals surface area contributed by atoms with Gasteiger partial charge in [0.15, 0.2) is 5.78 Å². The number of carbonyl (C=O) groups is 2. The maximum absolute atomic E-state index is 12.4. The summed E-state index contributed by atoms with van der Waals surface area (Å²) in [5.41, 5.74) is 4.21. The first-order valence-electron chi connectivity index (χ1n) is 8.02. The van der Waals surface area contributed by atoms with E-state index >= 15 is 0 Å². The van der Waals surface area contributed by atoms with Crippen molar-refractivity contribution in [3.05, 3.63) is 65.2 Å². The summed E-state index contributed by atoms with van der Waals surface area (Å²) in [6, 6.07) is 11.0. The molecule has 0 atom stereocenters. The van der Waals surface area contributed by atoms with E-state index < -0.39 is 5.97 Å². The number of ketones is 1. The van der Waals surface area contributed by atoms with Gasteiger partial charge in [0.25, 0.3) is 0 Å². The van der Waals surface area contributed by atoms with Crippen molar-refractivity contribution in [1.82, 2.24) is 0 Å². The van der Waals surface area contributed by atoms with Crippen molar-refractivity contribution in [2.24, 2.45) is 0 Å². The fourth-order valence-electron chi connectivity index (χ4n) is 3.45. The first kappa shape index (κ1) is 16.2. The molecule has 0 aliphatic heterocycles. The van der Waals surface area contributed by atoms with Gasteiger partial charge in [-0.05, 0) is 46.2 Å². The topological polar surface area (TPSA) is 54.4 Å². The predicted molar refractivity (Wildman–Crippen MR) is 95.5 cm³/mol. The SMILES string of the molecule is C=Cc1c(C(=O)O)cccc1-c1ccc2c(c1)C(=O)CCC2(C)C. The Labute approximate surface area is 141 Å². The summed E-state index contributed by atoms with van der Waals surface area (Å²) in [5.74, 6) is -0.831. The number of carboxylic acids is 1. The van der Waals surface area contributed by atoms with Crippen molar-refractivity contribution in [1.29, 1.82) is 0 Å². The fraction of sp³-hybridized carbons (Fsp3) is 0.238. The van der Waals surface area contributed by atoms with Crippen LogP contribution < -0.4 is 0 Å². The van der Waals surface area contributed by atoms with E-state index in [0.717, 1.165) is 28.7 Å². The zero-order valence-electron chi connectivity index (χ0n) is 13.9. The molecular formula is C21H20O3. The summed E-state index contributed by atoms with van der Waals surface area (Å²) in [4.78, 5) is 23.8. The van der Waals surface area contributed by atoms with Gasteiger partial charge in [0, 0.05) is 12.0 Å². The second-order valence-electron chi connectivity index (χ2n) is 6.84. The maximum atomic E-state index is 12.4. The van der Waals surface area contributed by atoms with E-state index in [1.54, 1.807) is 18.2 Å². The Balaban J connectivity index is 2.21. The molecule has 0 unspecified atom stereocenters. The minimum absolute atomic E-state index is 0.0219. The van der Waals surface area contributed by atoms with Gasteiger partial charge in [-0.1, -0.05) is 50.8 Å². The molecule has 3 heteroatoms. The van der Waals surface area contributed by atoms with E-state index in [2.05, 4.69) is 20.4 Å². The molecule has 1 aliphatic rings. The highest BCUT2D eigenvalue weighted by Crippen LogP contribution is 2.39. The van der Waals surface area contributed by atoms with Crippen LogP contribution in [-0.2, 0) is 5.41 Å². The van der Waals surface area contributed by atoms with Crippen LogP contribution in [0.25, 0.3) is 17.2 Å². The lowest BCUT2D eigenvalue weighted by atomic mass is 9.71. The molecule has 3 rings (SSSR count). The summed E-state index contributed by atoms with van der Waals surface area (Å²) >= 11 is 0. The Hall–Kier alpha value is -2.68. The second-order valence-corrected chi connectivity index (χ2v) is 6.84. The summed E-state index contributed by atoms with van der Waals surface area (Å²) in [7, 11) is 0. The van der Waals surface area contributed by atoms with E-state index in [4.69, 9.17) is 0 Å². The average Bonchev–Trinajstić information content (AvgIpc) is 2.57. The van der Waals surface area contributed by atoms with Crippen LogP contribution >= 0.6 is 0 Å². The minimum atomic E-state index is -0.984. The minimum Gasteiger partial charge on any atom is -0.478 e. The lowest BCUT2D eigenvalue weighted by Crippen LogP contribution is -2.27. The number of benzene rings is 2. The molecule has 0 radical (unpaired) electrons. The van der Waals surface area contributed by atoms with E-state index in [0.29, 0.717) is 12.0 Å². The number of fused-ring (bicyclic) bond motifs is 1. The quantitative estimate of drug-likeness (QED) is 0.870. The molecule has 0 aromatic heterocycles. The lowest BCUT2D eigenvalue weighted by molar-refractivity contribution is 0.0696. The molecule has 2 aromatic rings. The molecule has 0 bridgehead atoms. The number of rotatable bonds is 3. The van der Waals surface area contributed by atoms with Gasteiger partial charge in [0.05, 0.1) is 5.56 Å². The molecule has 0 fully saturated rings. The Morgan fingerprint density at radius 1 is 1.21 bits per heavy atom. The smallest absolute Gasteiger partial charge is 0.336 e. The molecule has 1 aliphatic carbocycles. The van der Waals surface area contributed by atoms with Crippen LogP contribution in [0.4, 0.5) is 0 Å². The predicted octanol–water partition coefficient (Wildman–Crippen LogP) is 4.95. The Morgan fingerprint density at radius 2 is 1.96 bits per heavy atom. The van der Waals surface area contributed by atoms with Gasteiger partial charge >= 0.3 is 5.97 Å². The first-order chi connectivity index (χ1) is 11.3. The molecule has 0 saturated heterocycles. The molecule has 0 heterocycles. The molecule has 122 valence electrons. The molecule has 24 heavy (non-hydrogen) atoms. The van der Waals surface area contributed by atoms with Gasteiger partial charge in [-0.3, -0.25) is 4.79 Å². The number of Topliss-reactive ketones (excluding diaryl/α,β-unsaturated/α-hetero) is 1. The van der Waals surface area contributed by atoms with Gasteiger partial charge in [-0.15, -0.1) is 0 Å². The van der Waals surface area contributed by atoms with Crippen molar-refractivity contribution in [3.63, 3.8) is 0 Å². The van der Waals surface area contributed by atoms with E-state index in [9.17, 15) is 14.7 Å². The average molecular weight is 320 g/mol. The molecule has 3 nitrogen and oxygen atoms in total. The van der Waals surface area contributed by atoms with Crippen LogP contribution in [0.2, 0.25) is 0 Å². The molecule has 0 spiro atoms. The van der Waals surface area contributed by atoms with Gasteiger partial charge in [-0.25, -0.2) is 4.79 Å². The molecule has 0 saturated carbocycles.